The van der Waals surface area contributed by atoms with Gasteiger partial charge in [0.15, 0.2) is 5.78 Å². The van der Waals surface area contributed by atoms with Crippen molar-refractivity contribution in [1.82, 2.24) is 0 Å². The van der Waals surface area contributed by atoms with Crippen molar-refractivity contribution in [2.24, 2.45) is 11.3 Å². The second-order valence-corrected chi connectivity index (χ2v) is 5.58. The second kappa shape index (κ2) is 4.97. The van der Waals surface area contributed by atoms with Crippen molar-refractivity contribution < 1.29 is 9.53 Å². The molecule has 0 saturated carbocycles. The number of rotatable bonds is 3. The summed E-state index contributed by atoms with van der Waals surface area (Å²) in [6, 6.07) is 0. The molecule has 0 saturated heterocycles. The minimum atomic E-state index is 0.00884. The molecule has 96 valence electrons. The maximum Gasteiger partial charge on any atom is 0.162 e. The highest BCUT2D eigenvalue weighted by molar-refractivity contribution is 5.94. The van der Waals surface area contributed by atoms with Gasteiger partial charge in [-0.3, -0.25) is 4.79 Å². The van der Waals surface area contributed by atoms with Gasteiger partial charge in [-0.1, -0.05) is 43.7 Å². The average molecular weight is 244 g/mol. The second-order valence-electron chi connectivity index (χ2n) is 5.58. The lowest BCUT2D eigenvalue weighted by molar-refractivity contribution is -0.117. The molecule has 0 N–H and O–H groups in total. The fourth-order valence-electron chi connectivity index (χ4n) is 2.64. The van der Waals surface area contributed by atoms with Gasteiger partial charge < -0.3 is 4.74 Å². The number of methoxy groups -OCH3 is 1. The molecule has 0 amide bonds. The van der Waals surface area contributed by atoms with Crippen molar-refractivity contribution in [3.8, 4) is 0 Å². The van der Waals surface area contributed by atoms with Crippen molar-refractivity contribution in [1.29, 1.82) is 0 Å². The summed E-state index contributed by atoms with van der Waals surface area (Å²) in [7, 11) is 1.71. The van der Waals surface area contributed by atoms with Crippen LogP contribution in [0, 0.1) is 11.3 Å². The van der Waals surface area contributed by atoms with Crippen LogP contribution in [0.5, 0.6) is 0 Å². The molecule has 0 heterocycles. The maximum absolute atomic E-state index is 11.7. The molecule has 2 rings (SSSR count). The Hall–Kier alpha value is -1.57. The fraction of sp³-hybridized carbons (Fsp3) is 0.438. The summed E-state index contributed by atoms with van der Waals surface area (Å²) < 4.78 is 5.39. The summed E-state index contributed by atoms with van der Waals surface area (Å²) in [6.45, 7) is 4.35. The van der Waals surface area contributed by atoms with E-state index in [2.05, 4.69) is 19.9 Å². The lowest BCUT2D eigenvalue weighted by atomic mass is 9.77. The summed E-state index contributed by atoms with van der Waals surface area (Å²) in [5.41, 5.74) is 1.34. The van der Waals surface area contributed by atoms with Gasteiger partial charge in [0.05, 0.1) is 7.11 Å². The van der Waals surface area contributed by atoms with Crippen LogP contribution in [0.25, 0.3) is 0 Å². The standard InChI is InChI=1S/C16H20O2/c1-16(2)11-12(8-9-15(16)18-3)10-13-6-4-5-7-14(13)17/h4-9,13H,10-11H2,1-3H3. The third kappa shape index (κ3) is 2.63. The molecule has 0 spiro atoms. The topological polar surface area (TPSA) is 26.3 Å². The summed E-state index contributed by atoms with van der Waals surface area (Å²) in [4.78, 5) is 11.7. The van der Waals surface area contributed by atoms with Gasteiger partial charge in [-0.05, 0) is 25.0 Å². The average Bonchev–Trinajstić information content (AvgIpc) is 2.31. The Morgan fingerprint density at radius 3 is 2.72 bits per heavy atom. The molecule has 0 bridgehead atoms. The van der Waals surface area contributed by atoms with Crippen LogP contribution in [0.4, 0.5) is 0 Å². The van der Waals surface area contributed by atoms with Crippen molar-refractivity contribution in [3.05, 3.63) is 47.8 Å². The Morgan fingerprint density at radius 2 is 2.11 bits per heavy atom. The van der Waals surface area contributed by atoms with Gasteiger partial charge in [0.1, 0.15) is 5.76 Å². The molecule has 2 aliphatic rings. The summed E-state index contributed by atoms with van der Waals surface area (Å²) in [5.74, 6) is 1.23. The molecule has 2 nitrogen and oxygen atoms in total. The lowest BCUT2D eigenvalue weighted by Crippen LogP contribution is -2.21. The number of hydrogen-bond donors (Lipinski definition) is 0. The first-order valence-corrected chi connectivity index (χ1v) is 6.36. The Bertz CT molecular complexity index is 461. The molecule has 0 aromatic carbocycles. The fourth-order valence-corrected chi connectivity index (χ4v) is 2.64. The highest BCUT2D eigenvalue weighted by Gasteiger charge is 2.29. The van der Waals surface area contributed by atoms with E-state index in [-0.39, 0.29) is 17.1 Å². The van der Waals surface area contributed by atoms with Crippen molar-refractivity contribution in [2.75, 3.05) is 7.11 Å². The van der Waals surface area contributed by atoms with Crippen molar-refractivity contribution in [2.45, 2.75) is 26.7 Å². The van der Waals surface area contributed by atoms with Crippen LogP contribution in [0.2, 0.25) is 0 Å². The highest BCUT2D eigenvalue weighted by atomic mass is 16.5. The molecular weight excluding hydrogens is 224 g/mol. The number of ether oxygens (including phenoxy) is 1. The van der Waals surface area contributed by atoms with Gasteiger partial charge >= 0.3 is 0 Å². The monoisotopic (exact) mass is 244 g/mol. The molecule has 2 aliphatic carbocycles. The van der Waals surface area contributed by atoms with E-state index in [1.165, 1.54) is 5.57 Å². The normalized spacial score (nSPS) is 25.7. The zero-order valence-corrected chi connectivity index (χ0v) is 11.3. The molecule has 0 radical (unpaired) electrons. The first kappa shape index (κ1) is 12.9. The van der Waals surface area contributed by atoms with Gasteiger partial charge in [-0.2, -0.15) is 0 Å². The Labute approximate surface area is 109 Å². The van der Waals surface area contributed by atoms with E-state index in [0.29, 0.717) is 0 Å². The van der Waals surface area contributed by atoms with E-state index in [9.17, 15) is 4.79 Å². The molecule has 0 aliphatic heterocycles. The SMILES string of the molecule is COC1=CC=C(CC2C=CC=CC2=O)CC1(C)C. The van der Waals surface area contributed by atoms with Crippen LogP contribution in [0.15, 0.2) is 47.8 Å². The zero-order chi connectivity index (χ0) is 13.2. The number of ketones is 1. The van der Waals surface area contributed by atoms with E-state index in [1.54, 1.807) is 19.3 Å². The number of allylic oxidation sites excluding steroid dienone is 8. The Balaban J connectivity index is 2.10. The van der Waals surface area contributed by atoms with E-state index < -0.39 is 0 Å². The van der Waals surface area contributed by atoms with E-state index in [1.807, 2.05) is 18.2 Å². The minimum Gasteiger partial charge on any atom is -0.501 e. The molecule has 1 atom stereocenters. The molecule has 0 aromatic heterocycles. The maximum atomic E-state index is 11.7. The van der Waals surface area contributed by atoms with Crippen LogP contribution in [-0.4, -0.2) is 12.9 Å². The van der Waals surface area contributed by atoms with Crippen LogP contribution in [0.1, 0.15) is 26.7 Å². The predicted octanol–water partition coefficient (Wildman–Crippen LogP) is 3.57. The molecule has 18 heavy (non-hydrogen) atoms. The Morgan fingerprint density at radius 1 is 1.33 bits per heavy atom. The summed E-state index contributed by atoms with van der Waals surface area (Å²) >= 11 is 0. The largest absolute Gasteiger partial charge is 0.501 e. The van der Waals surface area contributed by atoms with Crippen molar-refractivity contribution in [3.63, 3.8) is 0 Å². The van der Waals surface area contributed by atoms with Gasteiger partial charge in [0.2, 0.25) is 0 Å². The van der Waals surface area contributed by atoms with Crippen LogP contribution in [0.3, 0.4) is 0 Å². The smallest absolute Gasteiger partial charge is 0.162 e. The van der Waals surface area contributed by atoms with Gasteiger partial charge in [0, 0.05) is 11.3 Å². The molecule has 0 fully saturated rings. The number of carbonyl (C=O) groups excluding carboxylic acids is 1. The zero-order valence-electron chi connectivity index (χ0n) is 11.3. The summed E-state index contributed by atoms with van der Waals surface area (Å²) in [6.07, 6.45) is 13.3. The first-order valence-electron chi connectivity index (χ1n) is 6.36. The Kier molecular flexibility index (Phi) is 3.55. The van der Waals surface area contributed by atoms with Gasteiger partial charge in [0.25, 0.3) is 0 Å². The summed E-state index contributed by atoms with van der Waals surface area (Å²) in [5, 5.41) is 0. The predicted molar refractivity (Wildman–Crippen MR) is 73.0 cm³/mol. The van der Waals surface area contributed by atoms with Crippen molar-refractivity contribution >= 4 is 5.78 Å². The minimum absolute atomic E-state index is 0.00884. The van der Waals surface area contributed by atoms with Crippen LogP contribution in [-0.2, 0) is 9.53 Å². The molecule has 2 heteroatoms. The third-order valence-corrected chi connectivity index (χ3v) is 3.59. The van der Waals surface area contributed by atoms with Gasteiger partial charge in [-0.25, -0.2) is 0 Å². The van der Waals surface area contributed by atoms with E-state index in [4.69, 9.17) is 4.74 Å². The molecule has 1 unspecified atom stereocenters. The quantitative estimate of drug-likeness (QED) is 0.758. The lowest BCUT2D eigenvalue weighted by Gasteiger charge is -2.31. The van der Waals surface area contributed by atoms with E-state index >= 15 is 0 Å². The molecule has 0 aromatic rings. The number of carbonyl (C=O) groups is 1. The third-order valence-electron chi connectivity index (χ3n) is 3.59. The van der Waals surface area contributed by atoms with E-state index in [0.717, 1.165) is 18.6 Å². The van der Waals surface area contributed by atoms with Crippen LogP contribution < -0.4 is 0 Å². The van der Waals surface area contributed by atoms with Gasteiger partial charge in [-0.15, -0.1) is 0 Å². The van der Waals surface area contributed by atoms with Crippen LogP contribution >= 0.6 is 0 Å². The number of hydrogen-bond acceptors (Lipinski definition) is 2. The first-order chi connectivity index (χ1) is 8.53. The highest BCUT2D eigenvalue weighted by Crippen LogP contribution is 2.39. The molecular formula is C16H20O2.